The maximum absolute atomic E-state index is 12.8. The average Bonchev–Trinajstić information content (AvgIpc) is 3.13. The highest BCUT2D eigenvalue weighted by molar-refractivity contribution is 7.16. The van der Waals surface area contributed by atoms with Crippen molar-refractivity contribution in [2.45, 2.75) is 32.2 Å². The van der Waals surface area contributed by atoms with Gasteiger partial charge < -0.3 is 15.5 Å². The van der Waals surface area contributed by atoms with Crippen LogP contribution >= 0.6 is 22.7 Å². The summed E-state index contributed by atoms with van der Waals surface area (Å²) in [4.78, 5) is 29.4. The number of pyridine rings is 1. The van der Waals surface area contributed by atoms with Crippen LogP contribution in [0.1, 0.15) is 33.9 Å². The lowest BCUT2D eigenvalue weighted by molar-refractivity contribution is 0.0691. The summed E-state index contributed by atoms with van der Waals surface area (Å²) in [7, 11) is 0. The summed E-state index contributed by atoms with van der Waals surface area (Å²) < 4.78 is 0. The molecule has 2 aliphatic rings. The van der Waals surface area contributed by atoms with Gasteiger partial charge in [-0.25, -0.2) is 15.0 Å². The molecule has 5 rings (SSSR count). The lowest BCUT2D eigenvalue weighted by Crippen LogP contribution is -2.54. The number of carbonyl (C=O) groups is 1. The summed E-state index contributed by atoms with van der Waals surface area (Å²) in [6.45, 7) is 6.42. The predicted octanol–water partition coefficient (Wildman–Crippen LogP) is 3.60. The van der Waals surface area contributed by atoms with E-state index in [1.165, 1.54) is 11.3 Å². The Hall–Kier alpha value is -2.36. The minimum Gasteiger partial charge on any atom is -0.335 e. The van der Waals surface area contributed by atoms with Gasteiger partial charge in [0, 0.05) is 36.8 Å². The molecule has 2 N–H and O–H groups in total. The molecule has 1 aliphatic carbocycles. The van der Waals surface area contributed by atoms with E-state index in [1.807, 2.05) is 36.3 Å². The number of thiazole rings is 2. The van der Waals surface area contributed by atoms with E-state index in [2.05, 4.69) is 25.6 Å². The van der Waals surface area contributed by atoms with Crippen LogP contribution in [0.5, 0.6) is 0 Å². The van der Waals surface area contributed by atoms with Gasteiger partial charge in [-0.2, -0.15) is 0 Å². The average molecular weight is 427 g/mol. The highest BCUT2D eigenvalue weighted by atomic mass is 32.1. The number of aryl methyl sites for hydroxylation is 2. The van der Waals surface area contributed by atoms with Crippen molar-refractivity contribution in [1.29, 1.82) is 0 Å². The van der Waals surface area contributed by atoms with Crippen molar-refractivity contribution in [3.63, 3.8) is 0 Å². The predicted molar refractivity (Wildman–Crippen MR) is 116 cm³/mol. The van der Waals surface area contributed by atoms with E-state index in [9.17, 15) is 4.79 Å². The van der Waals surface area contributed by atoms with Crippen LogP contribution in [-0.2, 0) is 0 Å². The van der Waals surface area contributed by atoms with Gasteiger partial charge in [0.2, 0.25) is 0 Å². The number of piperazine rings is 1. The Morgan fingerprint density at radius 2 is 2.14 bits per heavy atom. The van der Waals surface area contributed by atoms with Crippen molar-refractivity contribution < 1.29 is 4.79 Å². The van der Waals surface area contributed by atoms with Gasteiger partial charge in [0.15, 0.2) is 5.13 Å². The first-order chi connectivity index (χ1) is 14.0. The highest BCUT2D eigenvalue weighted by Crippen LogP contribution is 2.38. The molecule has 1 amide bonds. The summed E-state index contributed by atoms with van der Waals surface area (Å²) in [5.41, 5.74) is 2.75. The zero-order valence-electron chi connectivity index (χ0n) is 16.4. The first-order valence-corrected chi connectivity index (χ1v) is 11.4. The molecule has 150 valence electrons. The molecule has 2 fully saturated rings. The van der Waals surface area contributed by atoms with Crippen molar-refractivity contribution in [3.05, 3.63) is 40.0 Å². The Morgan fingerprint density at radius 3 is 2.83 bits per heavy atom. The third kappa shape index (κ3) is 3.77. The number of hydrogen-bond donors (Lipinski definition) is 2. The van der Waals surface area contributed by atoms with E-state index in [4.69, 9.17) is 0 Å². The number of rotatable bonds is 4. The Bertz CT molecular complexity index is 1050. The van der Waals surface area contributed by atoms with E-state index in [0.29, 0.717) is 11.4 Å². The second-order valence-corrected chi connectivity index (χ2v) is 9.74. The number of hydrogen-bond acceptors (Lipinski definition) is 8. The van der Waals surface area contributed by atoms with Crippen LogP contribution in [0.25, 0.3) is 10.6 Å². The second-order valence-electron chi connectivity index (χ2n) is 7.68. The summed E-state index contributed by atoms with van der Waals surface area (Å²) in [5.74, 6) is 0.739. The van der Waals surface area contributed by atoms with Crippen LogP contribution < -0.4 is 10.6 Å². The van der Waals surface area contributed by atoms with E-state index in [0.717, 1.165) is 58.9 Å². The zero-order valence-corrected chi connectivity index (χ0v) is 18.0. The molecule has 1 saturated heterocycles. The Kier molecular flexibility index (Phi) is 4.60. The maximum atomic E-state index is 12.8. The fourth-order valence-corrected chi connectivity index (χ4v) is 5.37. The molecule has 4 heterocycles. The van der Waals surface area contributed by atoms with Gasteiger partial charge >= 0.3 is 0 Å². The van der Waals surface area contributed by atoms with Crippen LogP contribution in [0.15, 0.2) is 23.7 Å². The van der Waals surface area contributed by atoms with E-state index in [1.54, 1.807) is 17.5 Å². The van der Waals surface area contributed by atoms with E-state index >= 15 is 0 Å². The lowest BCUT2D eigenvalue weighted by Gasteiger charge is -2.34. The number of amides is 1. The molecule has 1 saturated carbocycles. The third-order valence-corrected chi connectivity index (χ3v) is 7.25. The Balaban J connectivity index is 1.26. The first kappa shape index (κ1) is 18.7. The van der Waals surface area contributed by atoms with Gasteiger partial charge in [0.25, 0.3) is 5.91 Å². The van der Waals surface area contributed by atoms with Gasteiger partial charge in [0.1, 0.15) is 5.82 Å². The molecular formula is C20H22N6OS2. The summed E-state index contributed by atoms with van der Waals surface area (Å²) in [6.07, 6.45) is 3.97. The van der Waals surface area contributed by atoms with Gasteiger partial charge in [-0.3, -0.25) is 4.79 Å². The summed E-state index contributed by atoms with van der Waals surface area (Å²) in [6, 6.07) is 3.68. The topological polar surface area (TPSA) is 83.0 Å². The van der Waals surface area contributed by atoms with Gasteiger partial charge in [-0.05, 0) is 38.8 Å². The molecule has 0 unspecified atom stereocenters. The molecule has 9 heteroatoms. The van der Waals surface area contributed by atoms with Crippen molar-refractivity contribution in [2.75, 3.05) is 25.0 Å². The number of aromatic nitrogens is 3. The Morgan fingerprint density at radius 1 is 1.28 bits per heavy atom. The molecule has 1 spiro atoms. The standard InChI is InChI=1S/C20H22N6OS2/c1-12-17(29-13(2)23-12)15-10-28-19(24-15)25-16-4-3-14(9-21-16)18(27)26-8-7-22-20(11-26)5-6-20/h3-4,9-10,22H,5-8,11H2,1-2H3,(H,21,24,25). The van der Waals surface area contributed by atoms with Crippen LogP contribution in [0.4, 0.5) is 10.9 Å². The molecule has 0 bridgehead atoms. The lowest BCUT2D eigenvalue weighted by atomic mass is 10.1. The van der Waals surface area contributed by atoms with Crippen LogP contribution in [0.2, 0.25) is 0 Å². The molecule has 0 atom stereocenters. The smallest absolute Gasteiger partial charge is 0.255 e. The molecule has 7 nitrogen and oxygen atoms in total. The van der Waals surface area contributed by atoms with Crippen molar-refractivity contribution in [2.24, 2.45) is 0 Å². The molecule has 0 aromatic carbocycles. The fraction of sp³-hybridized carbons (Fsp3) is 0.400. The van der Waals surface area contributed by atoms with Gasteiger partial charge in [0.05, 0.1) is 26.8 Å². The summed E-state index contributed by atoms with van der Waals surface area (Å²) >= 11 is 3.18. The Labute approximate surface area is 177 Å². The van der Waals surface area contributed by atoms with Crippen molar-refractivity contribution >= 4 is 39.5 Å². The van der Waals surface area contributed by atoms with Crippen molar-refractivity contribution in [1.82, 2.24) is 25.2 Å². The largest absolute Gasteiger partial charge is 0.335 e. The van der Waals surface area contributed by atoms with Gasteiger partial charge in [-0.15, -0.1) is 22.7 Å². The summed E-state index contributed by atoms with van der Waals surface area (Å²) in [5, 5.41) is 10.6. The molecule has 3 aromatic heterocycles. The van der Waals surface area contributed by atoms with Crippen LogP contribution in [0.3, 0.4) is 0 Å². The fourth-order valence-electron chi connectivity index (χ4n) is 3.71. The number of carbonyl (C=O) groups excluding carboxylic acids is 1. The molecule has 0 radical (unpaired) electrons. The van der Waals surface area contributed by atoms with Gasteiger partial charge in [-0.1, -0.05) is 0 Å². The first-order valence-electron chi connectivity index (χ1n) is 9.69. The monoisotopic (exact) mass is 426 g/mol. The number of nitrogens with one attached hydrogen (secondary N) is 2. The quantitative estimate of drug-likeness (QED) is 0.663. The number of nitrogens with zero attached hydrogens (tertiary/aromatic N) is 4. The SMILES string of the molecule is Cc1nc(C)c(-c2csc(Nc3ccc(C(=O)N4CCNC5(CC5)C4)cn3)n2)s1. The minimum absolute atomic E-state index is 0.0596. The highest BCUT2D eigenvalue weighted by Gasteiger charge is 2.46. The zero-order chi connectivity index (χ0) is 20.0. The maximum Gasteiger partial charge on any atom is 0.255 e. The van der Waals surface area contributed by atoms with Crippen LogP contribution in [0, 0.1) is 13.8 Å². The molecule has 29 heavy (non-hydrogen) atoms. The number of anilines is 2. The minimum atomic E-state index is 0.0596. The van der Waals surface area contributed by atoms with Crippen molar-refractivity contribution in [3.8, 4) is 10.6 Å². The molecule has 1 aliphatic heterocycles. The normalized spacial score (nSPS) is 17.5. The van der Waals surface area contributed by atoms with Crippen LogP contribution in [-0.4, -0.2) is 50.9 Å². The third-order valence-electron chi connectivity index (χ3n) is 5.40. The van der Waals surface area contributed by atoms with E-state index < -0.39 is 0 Å². The van der Waals surface area contributed by atoms with E-state index in [-0.39, 0.29) is 11.4 Å². The molecule has 3 aromatic rings. The second kappa shape index (κ2) is 7.16. The molecular weight excluding hydrogens is 404 g/mol.